The predicted octanol–water partition coefficient (Wildman–Crippen LogP) is 2.63. The lowest BCUT2D eigenvalue weighted by Gasteiger charge is -2.15. The molecule has 0 aliphatic rings. The van der Waals surface area contributed by atoms with Crippen molar-refractivity contribution >= 4 is 24.8 Å². The monoisotopic (exact) mass is 278 g/mol. The SMILES string of the molecule is Cc1cnc(N)c2cnn(COCC[Si](C)(C)C)c12. The Bertz CT molecular complexity index is 574. The van der Waals surface area contributed by atoms with Crippen molar-refractivity contribution in [3.8, 4) is 0 Å². The summed E-state index contributed by atoms with van der Waals surface area (Å²) in [5, 5.41) is 5.23. The summed E-state index contributed by atoms with van der Waals surface area (Å²) in [5.74, 6) is 0.522. The summed E-state index contributed by atoms with van der Waals surface area (Å²) in [7, 11) is -1.04. The van der Waals surface area contributed by atoms with E-state index in [2.05, 4.69) is 29.7 Å². The maximum atomic E-state index is 5.85. The molecule has 0 spiro atoms. The summed E-state index contributed by atoms with van der Waals surface area (Å²) >= 11 is 0. The van der Waals surface area contributed by atoms with Gasteiger partial charge in [0.2, 0.25) is 0 Å². The molecule has 2 heterocycles. The Hall–Kier alpha value is -1.40. The quantitative estimate of drug-likeness (QED) is 0.674. The first-order chi connectivity index (χ1) is 8.88. The number of ether oxygens (including phenoxy) is 1. The number of nitrogen functional groups attached to an aromatic ring is 1. The van der Waals surface area contributed by atoms with E-state index in [0.29, 0.717) is 12.5 Å². The fourth-order valence-corrected chi connectivity index (χ4v) is 2.67. The number of rotatable bonds is 5. The number of pyridine rings is 1. The van der Waals surface area contributed by atoms with Crippen molar-refractivity contribution < 1.29 is 4.74 Å². The standard InChI is InChI=1S/C13H22N4OSi/c1-10-7-15-13(14)11-8-16-17(12(10)11)9-18-5-6-19(2,3)4/h7-8H,5-6,9H2,1-4H3,(H2,14,15). The van der Waals surface area contributed by atoms with Gasteiger partial charge in [-0.05, 0) is 18.5 Å². The lowest BCUT2D eigenvalue weighted by atomic mass is 10.2. The first-order valence-corrected chi connectivity index (χ1v) is 10.2. The van der Waals surface area contributed by atoms with Crippen LogP contribution in [0.15, 0.2) is 12.4 Å². The van der Waals surface area contributed by atoms with E-state index in [4.69, 9.17) is 10.5 Å². The molecule has 0 unspecified atom stereocenters. The van der Waals surface area contributed by atoms with Gasteiger partial charge in [-0.2, -0.15) is 5.10 Å². The Morgan fingerprint density at radius 3 is 2.74 bits per heavy atom. The van der Waals surface area contributed by atoms with Crippen LogP contribution in [0.5, 0.6) is 0 Å². The number of nitrogens with two attached hydrogens (primary N) is 1. The summed E-state index contributed by atoms with van der Waals surface area (Å²) < 4.78 is 7.59. The normalized spacial score (nSPS) is 12.2. The molecular formula is C13H22N4OSi. The number of hydrogen-bond donors (Lipinski definition) is 1. The molecule has 2 rings (SSSR count). The zero-order valence-electron chi connectivity index (χ0n) is 12.1. The van der Waals surface area contributed by atoms with Gasteiger partial charge < -0.3 is 10.5 Å². The summed E-state index contributed by atoms with van der Waals surface area (Å²) in [6, 6.07) is 1.16. The first kappa shape index (κ1) is 14.0. The molecule has 0 amide bonds. The molecule has 0 fully saturated rings. The van der Waals surface area contributed by atoms with Gasteiger partial charge in [0.05, 0.1) is 17.1 Å². The van der Waals surface area contributed by atoms with E-state index in [1.165, 1.54) is 0 Å². The molecule has 0 atom stereocenters. The van der Waals surface area contributed by atoms with Crippen LogP contribution in [-0.2, 0) is 11.5 Å². The van der Waals surface area contributed by atoms with Gasteiger partial charge in [0.15, 0.2) is 0 Å². The average molecular weight is 278 g/mol. The molecule has 0 saturated carbocycles. The van der Waals surface area contributed by atoms with Crippen LogP contribution in [0.3, 0.4) is 0 Å². The molecule has 0 aliphatic carbocycles. The number of aryl methyl sites for hydroxylation is 1. The lowest BCUT2D eigenvalue weighted by molar-refractivity contribution is 0.0816. The van der Waals surface area contributed by atoms with Gasteiger partial charge in [0.1, 0.15) is 12.5 Å². The zero-order valence-corrected chi connectivity index (χ0v) is 13.1. The summed E-state index contributed by atoms with van der Waals surface area (Å²) in [4.78, 5) is 4.14. The third kappa shape index (κ3) is 3.33. The topological polar surface area (TPSA) is 66.0 Å². The minimum Gasteiger partial charge on any atom is -0.383 e. The van der Waals surface area contributed by atoms with Gasteiger partial charge in [-0.25, -0.2) is 9.67 Å². The van der Waals surface area contributed by atoms with Crippen LogP contribution in [0.1, 0.15) is 5.56 Å². The molecule has 2 aromatic heterocycles. The molecule has 2 aromatic rings. The van der Waals surface area contributed by atoms with E-state index in [0.717, 1.165) is 29.1 Å². The van der Waals surface area contributed by atoms with Crippen LogP contribution in [0.25, 0.3) is 10.9 Å². The van der Waals surface area contributed by atoms with Crippen LogP contribution >= 0.6 is 0 Å². The van der Waals surface area contributed by atoms with Crippen molar-refractivity contribution in [2.75, 3.05) is 12.3 Å². The van der Waals surface area contributed by atoms with Crippen molar-refractivity contribution in [1.82, 2.24) is 14.8 Å². The highest BCUT2D eigenvalue weighted by Gasteiger charge is 2.13. The molecule has 2 N–H and O–H groups in total. The van der Waals surface area contributed by atoms with Gasteiger partial charge in [0.25, 0.3) is 0 Å². The van der Waals surface area contributed by atoms with Crippen molar-refractivity contribution in [2.24, 2.45) is 0 Å². The Balaban J connectivity index is 2.08. The number of anilines is 1. The summed E-state index contributed by atoms with van der Waals surface area (Å²) in [6.07, 6.45) is 3.53. The second-order valence-electron chi connectivity index (χ2n) is 6.08. The van der Waals surface area contributed by atoms with E-state index >= 15 is 0 Å². The van der Waals surface area contributed by atoms with Crippen molar-refractivity contribution in [3.05, 3.63) is 18.0 Å². The molecule has 0 aliphatic heterocycles. The molecule has 0 saturated heterocycles. The number of hydrogen-bond acceptors (Lipinski definition) is 4. The van der Waals surface area contributed by atoms with E-state index < -0.39 is 8.07 Å². The van der Waals surface area contributed by atoms with Gasteiger partial charge in [0, 0.05) is 20.9 Å². The molecule has 0 radical (unpaired) electrons. The van der Waals surface area contributed by atoms with Crippen LogP contribution in [-0.4, -0.2) is 29.4 Å². The first-order valence-electron chi connectivity index (χ1n) is 6.53. The minimum atomic E-state index is -1.04. The predicted molar refractivity (Wildman–Crippen MR) is 80.8 cm³/mol. The molecule has 104 valence electrons. The van der Waals surface area contributed by atoms with Crippen LogP contribution in [0.2, 0.25) is 25.7 Å². The van der Waals surface area contributed by atoms with E-state index in [1.54, 1.807) is 12.4 Å². The van der Waals surface area contributed by atoms with Crippen LogP contribution < -0.4 is 5.73 Å². The number of aromatic nitrogens is 3. The highest BCUT2D eigenvalue weighted by Crippen LogP contribution is 2.21. The maximum absolute atomic E-state index is 5.85. The largest absolute Gasteiger partial charge is 0.383 e. The van der Waals surface area contributed by atoms with Gasteiger partial charge in [-0.1, -0.05) is 19.6 Å². The van der Waals surface area contributed by atoms with E-state index in [-0.39, 0.29) is 0 Å². The second-order valence-corrected chi connectivity index (χ2v) is 11.7. The second kappa shape index (κ2) is 5.30. The summed E-state index contributed by atoms with van der Waals surface area (Å²) in [5.41, 5.74) is 7.93. The summed E-state index contributed by atoms with van der Waals surface area (Å²) in [6.45, 7) is 10.3. The van der Waals surface area contributed by atoms with Crippen molar-refractivity contribution in [3.63, 3.8) is 0 Å². The van der Waals surface area contributed by atoms with Gasteiger partial charge in [-0.3, -0.25) is 0 Å². The Morgan fingerprint density at radius 1 is 1.32 bits per heavy atom. The van der Waals surface area contributed by atoms with Gasteiger partial charge >= 0.3 is 0 Å². The highest BCUT2D eigenvalue weighted by atomic mass is 28.3. The fourth-order valence-electron chi connectivity index (χ4n) is 1.91. The molecule has 19 heavy (non-hydrogen) atoms. The minimum absolute atomic E-state index is 0.471. The number of fused-ring (bicyclic) bond motifs is 1. The molecular weight excluding hydrogens is 256 g/mol. The maximum Gasteiger partial charge on any atom is 0.140 e. The zero-order chi connectivity index (χ0) is 14.0. The van der Waals surface area contributed by atoms with E-state index in [9.17, 15) is 0 Å². The highest BCUT2D eigenvalue weighted by molar-refractivity contribution is 6.76. The van der Waals surface area contributed by atoms with E-state index in [1.807, 2.05) is 11.6 Å². The van der Waals surface area contributed by atoms with Crippen molar-refractivity contribution in [2.45, 2.75) is 39.3 Å². The Morgan fingerprint density at radius 2 is 2.05 bits per heavy atom. The van der Waals surface area contributed by atoms with Crippen LogP contribution in [0, 0.1) is 6.92 Å². The van der Waals surface area contributed by atoms with Crippen molar-refractivity contribution in [1.29, 1.82) is 0 Å². The molecule has 0 bridgehead atoms. The Kier molecular flexibility index (Phi) is 3.91. The smallest absolute Gasteiger partial charge is 0.140 e. The third-order valence-corrected chi connectivity index (χ3v) is 4.80. The van der Waals surface area contributed by atoms with Crippen LogP contribution in [0.4, 0.5) is 5.82 Å². The number of nitrogens with zero attached hydrogens (tertiary/aromatic N) is 3. The Labute approximate surface area is 114 Å². The van der Waals surface area contributed by atoms with Gasteiger partial charge in [-0.15, -0.1) is 0 Å². The average Bonchev–Trinajstić information content (AvgIpc) is 2.73. The molecule has 5 nitrogen and oxygen atoms in total. The molecule has 6 heteroatoms. The molecule has 0 aromatic carbocycles. The lowest BCUT2D eigenvalue weighted by Crippen LogP contribution is -2.22. The third-order valence-electron chi connectivity index (χ3n) is 3.10. The fraction of sp³-hybridized carbons (Fsp3) is 0.538.